The molecule has 0 aromatic heterocycles. The summed E-state index contributed by atoms with van der Waals surface area (Å²) in [6, 6.07) is 9.18. The number of hydrogen-bond donors (Lipinski definition) is 1. The number of nitrogens with zero attached hydrogens (tertiary/aromatic N) is 1. The van der Waals surface area contributed by atoms with E-state index < -0.39 is 11.9 Å². The monoisotopic (exact) mass is 261 g/mol. The summed E-state index contributed by atoms with van der Waals surface area (Å²) in [6.07, 6.45) is 0.442. The number of hydrogen-bond acceptors (Lipinski definition) is 3. The summed E-state index contributed by atoms with van der Waals surface area (Å²) in [6.45, 7) is 0.188. The Labute approximate surface area is 110 Å². The molecule has 0 aliphatic carbocycles. The minimum absolute atomic E-state index is 0.0347. The Kier molecular flexibility index (Phi) is 3.94. The van der Waals surface area contributed by atoms with Gasteiger partial charge < -0.3 is 5.11 Å². The van der Waals surface area contributed by atoms with Crippen molar-refractivity contribution in [2.45, 2.75) is 25.2 Å². The number of amides is 2. The van der Waals surface area contributed by atoms with Crippen LogP contribution in [0.15, 0.2) is 30.3 Å². The van der Waals surface area contributed by atoms with E-state index in [9.17, 15) is 14.4 Å². The van der Waals surface area contributed by atoms with Crippen molar-refractivity contribution in [1.29, 1.82) is 0 Å². The highest BCUT2D eigenvalue weighted by Gasteiger charge is 2.38. The third-order valence-corrected chi connectivity index (χ3v) is 3.22. The maximum absolute atomic E-state index is 12.1. The Morgan fingerprint density at radius 1 is 1.26 bits per heavy atom. The first kappa shape index (κ1) is 13.3. The van der Waals surface area contributed by atoms with E-state index in [1.165, 1.54) is 4.90 Å². The van der Waals surface area contributed by atoms with Crippen LogP contribution in [0.1, 0.15) is 30.7 Å². The summed E-state index contributed by atoms with van der Waals surface area (Å²) in [4.78, 5) is 35.6. The van der Waals surface area contributed by atoms with Crippen molar-refractivity contribution < 1.29 is 19.5 Å². The quantitative estimate of drug-likeness (QED) is 0.813. The summed E-state index contributed by atoms with van der Waals surface area (Å²) in [5, 5.41) is 8.56. The maximum Gasteiger partial charge on any atom is 0.303 e. The Morgan fingerprint density at radius 3 is 2.58 bits per heavy atom. The molecule has 0 spiro atoms. The van der Waals surface area contributed by atoms with Gasteiger partial charge in [-0.15, -0.1) is 0 Å². The first-order chi connectivity index (χ1) is 9.09. The van der Waals surface area contributed by atoms with Crippen LogP contribution in [0.3, 0.4) is 0 Å². The molecule has 0 saturated carbocycles. The molecular formula is C14H15NO4. The molecule has 0 bridgehead atoms. The third-order valence-electron chi connectivity index (χ3n) is 3.22. The Hall–Kier alpha value is -2.17. The Balaban J connectivity index is 2.02. The van der Waals surface area contributed by atoms with E-state index in [1.54, 1.807) is 0 Å². The van der Waals surface area contributed by atoms with Crippen molar-refractivity contribution in [3.05, 3.63) is 35.9 Å². The molecule has 0 radical (unpaired) electrons. The van der Waals surface area contributed by atoms with Gasteiger partial charge >= 0.3 is 5.97 Å². The van der Waals surface area contributed by atoms with Crippen molar-refractivity contribution in [2.24, 2.45) is 0 Å². The fraction of sp³-hybridized carbons (Fsp3) is 0.357. The van der Waals surface area contributed by atoms with Crippen LogP contribution in [0.5, 0.6) is 0 Å². The van der Waals surface area contributed by atoms with Crippen LogP contribution in [0.2, 0.25) is 0 Å². The average Bonchev–Trinajstić information content (AvgIpc) is 2.67. The standard InChI is InChI=1S/C14H15NO4/c16-12-9-11(10-5-2-1-3-6-10)14(19)15(12)8-4-7-13(17)18/h1-3,5-6,11H,4,7-9H2,(H,17,18)/t11-/m1/s1. The van der Waals surface area contributed by atoms with Gasteiger partial charge in [-0.3, -0.25) is 19.3 Å². The number of aliphatic carboxylic acids is 1. The number of carboxylic acids is 1. The van der Waals surface area contributed by atoms with Gasteiger partial charge in [0.05, 0.1) is 5.92 Å². The van der Waals surface area contributed by atoms with Gasteiger partial charge in [0.2, 0.25) is 11.8 Å². The smallest absolute Gasteiger partial charge is 0.303 e. The van der Waals surface area contributed by atoms with Gasteiger partial charge in [-0.25, -0.2) is 0 Å². The largest absolute Gasteiger partial charge is 0.481 e. The van der Waals surface area contributed by atoms with Gasteiger partial charge in [-0.2, -0.15) is 0 Å². The van der Waals surface area contributed by atoms with Gasteiger partial charge in [-0.05, 0) is 12.0 Å². The molecule has 1 heterocycles. The predicted molar refractivity (Wildman–Crippen MR) is 67.4 cm³/mol. The molecule has 100 valence electrons. The maximum atomic E-state index is 12.1. The van der Waals surface area contributed by atoms with Gasteiger partial charge in [-0.1, -0.05) is 30.3 Å². The molecule has 2 amide bonds. The molecule has 1 N–H and O–H groups in total. The van der Waals surface area contributed by atoms with Gasteiger partial charge in [0.25, 0.3) is 0 Å². The summed E-state index contributed by atoms with van der Waals surface area (Å²) >= 11 is 0. The molecule has 5 heteroatoms. The van der Waals surface area contributed by atoms with Crippen LogP contribution in [-0.4, -0.2) is 34.3 Å². The molecule has 1 saturated heterocycles. The molecule has 1 fully saturated rings. The summed E-state index contributed by atoms with van der Waals surface area (Å²) < 4.78 is 0. The van der Waals surface area contributed by atoms with Crippen molar-refractivity contribution in [2.75, 3.05) is 6.54 Å². The lowest BCUT2D eigenvalue weighted by molar-refractivity contribution is -0.141. The first-order valence-corrected chi connectivity index (χ1v) is 6.20. The van der Waals surface area contributed by atoms with Gasteiger partial charge in [0.15, 0.2) is 0 Å². The fourth-order valence-corrected chi connectivity index (χ4v) is 2.25. The normalized spacial score (nSPS) is 18.9. The van der Waals surface area contributed by atoms with Crippen LogP contribution >= 0.6 is 0 Å². The van der Waals surface area contributed by atoms with E-state index >= 15 is 0 Å². The molecule has 19 heavy (non-hydrogen) atoms. The molecule has 1 aromatic rings. The highest BCUT2D eigenvalue weighted by Crippen LogP contribution is 2.29. The zero-order valence-corrected chi connectivity index (χ0v) is 10.4. The minimum atomic E-state index is -0.918. The van der Waals surface area contributed by atoms with Gasteiger partial charge in [0, 0.05) is 19.4 Å². The lowest BCUT2D eigenvalue weighted by atomic mass is 9.98. The molecule has 5 nitrogen and oxygen atoms in total. The number of imide groups is 1. The number of likely N-dealkylation sites (tertiary alicyclic amines) is 1. The van der Waals surface area contributed by atoms with Crippen molar-refractivity contribution >= 4 is 17.8 Å². The second-order valence-corrected chi connectivity index (χ2v) is 4.55. The number of carbonyl (C=O) groups excluding carboxylic acids is 2. The van der Waals surface area contributed by atoms with Crippen molar-refractivity contribution in [3.8, 4) is 0 Å². The van der Waals surface area contributed by atoms with E-state index in [2.05, 4.69) is 0 Å². The molecule has 2 rings (SSSR count). The summed E-state index contributed by atoms with van der Waals surface area (Å²) in [7, 11) is 0. The third kappa shape index (κ3) is 2.99. The zero-order valence-electron chi connectivity index (χ0n) is 10.4. The van der Waals surface area contributed by atoms with E-state index in [4.69, 9.17) is 5.11 Å². The van der Waals surface area contributed by atoms with Crippen LogP contribution in [-0.2, 0) is 14.4 Å². The van der Waals surface area contributed by atoms with Crippen LogP contribution in [0, 0.1) is 0 Å². The van der Waals surface area contributed by atoms with E-state index in [-0.39, 0.29) is 31.2 Å². The second kappa shape index (κ2) is 5.65. The summed E-state index contributed by atoms with van der Waals surface area (Å²) in [5.74, 6) is -1.77. The zero-order chi connectivity index (χ0) is 13.8. The molecule has 1 aliphatic rings. The lowest BCUT2D eigenvalue weighted by Crippen LogP contribution is -2.31. The minimum Gasteiger partial charge on any atom is -0.481 e. The number of benzene rings is 1. The van der Waals surface area contributed by atoms with E-state index in [0.717, 1.165) is 5.56 Å². The fourth-order valence-electron chi connectivity index (χ4n) is 2.25. The average molecular weight is 261 g/mol. The van der Waals surface area contributed by atoms with Crippen LogP contribution in [0.25, 0.3) is 0 Å². The SMILES string of the molecule is O=C(O)CCCN1C(=O)C[C@H](c2ccccc2)C1=O. The van der Waals surface area contributed by atoms with Crippen LogP contribution < -0.4 is 0 Å². The number of rotatable bonds is 5. The second-order valence-electron chi connectivity index (χ2n) is 4.55. The molecule has 1 aliphatic heterocycles. The number of carboxylic acid groups (broad SMARTS) is 1. The highest BCUT2D eigenvalue weighted by molar-refractivity contribution is 6.06. The van der Waals surface area contributed by atoms with E-state index in [0.29, 0.717) is 6.42 Å². The topological polar surface area (TPSA) is 74.7 Å². The van der Waals surface area contributed by atoms with Gasteiger partial charge in [0.1, 0.15) is 0 Å². The Bertz CT molecular complexity index is 497. The Morgan fingerprint density at radius 2 is 1.95 bits per heavy atom. The predicted octanol–water partition coefficient (Wildman–Crippen LogP) is 1.39. The molecule has 1 aromatic carbocycles. The molecular weight excluding hydrogens is 246 g/mol. The van der Waals surface area contributed by atoms with Crippen LogP contribution in [0.4, 0.5) is 0 Å². The lowest BCUT2D eigenvalue weighted by Gasteiger charge is -2.14. The number of carbonyl (C=O) groups is 3. The first-order valence-electron chi connectivity index (χ1n) is 6.20. The molecule has 1 atom stereocenters. The summed E-state index contributed by atoms with van der Waals surface area (Å²) in [5.41, 5.74) is 0.835. The van der Waals surface area contributed by atoms with E-state index in [1.807, 2.05) is 30.3 Å². The van der Waals surface area contributed by atoms with Crippen molar-refractivity contribution in [3.63, 3.8) is 0 Å². The highest BCUT2D eigenvalue weighted by atomic mass is 16.4. The van der Waals surface area contributed by atoms with Crippen molar-refractivity contribution in [1.82, 2.24) is 4.90 Å². The molecule has 0 unspecified atom stereocenters.